The average Bonchev–Trinajstić information content (AvgIpc) is 2.88. The second-order valence-electron chi connectivity index (χ2n) is 7.77. The van der Waals surface area contributed by atoms with E-state index in [1.807, 2.05) is 12.1 Å². The second kappa shape index (κ2) is 6.45. The van der Waals surface area contributed by atoms with Crippen molar-refractivity contribution >= 4 is 5.69 Å². The van der Waals surface area contributed by atoms with Crippen LogP contribution in [0.2, 0.25) is 0 Å². The van der Waals surface area contributed by atoms with Crippen LogP contribution in [0.5, 0.6) is 0 Å². The smallest absolute Gasteiger partial charge is 0.123 e. The van der Waals surface area contributed by atoms with E-state index in [0.29, 0.717) is 18.0 Å². The van der Waals surface area contributed by atoms with Crippen LogP contribution in [0.15, 0.2) is 42.5 Å². The summed E-state index contributed by atoms with van der Waals surface area (Å²) in [6.07, 6.45) is 2.43. The van der Waals surface area contributed by atoms with Gasteiger partial charge in [-0.3, -0.25) is 0 Å². The lowest BCUT2D eigenvalue weighted by Gasteiger charge is -2.40. The highest BCUT2D eigenvalue weighted by atomic mass is 18.2. The number of nitrogens with zero attached hydrogens (tertiary/aromatic N) is 2. The maximum Gasteiger partial charge on any atom is 0.123 e. The summed E-state index contributed by atoms with van der Waals surface area (Å²) in [4.78, 5) is 5.07. The van der Waals surface area contributed by atoms with E-state index in [4.69, 9.17) is 0 Å². The quantitative estimate of drug-likeness (QED) is 0.792. The summed E-state index contributed by atoms with van der Waals surface area (Å²) in [5, 5.41) is 0. The topological polar surface area (TPSA) is 6.48 Å². The van der Waals surface area contributed by atoms with Crippen molar-refractivity contribution in [3.05, 3.63) is 65.0 Å². The van der Waals surface area contributed by atoms with Gasteiger partial charge in [0.05, 0.1) is 0 Å². The van der Waals surface area contributed by atoms with Crippen molar-refractivity contribution in [2.45, 2.75) is 44.7 Å². The normalized spacial score (nSPS) is 24.6. The SMILES string of the molecule is Cc1ccc2c(c1)C(c1ccc([18F])cc1)C(C)N2C1CCN(C)CC1. The highest BCUT2D eigenvalue weighted by molar-refractivity contribution is 5.66. The molecule has 0 amide bonds. The van der Waals surface area contributed by atoms with Crippen LogP contribution in [-0.2, 0) is 0 Å². The van der Waals surface area contributed by atoms with E-state index in [2.05, 4.69) is 48.9 Å². The molecule has 2 nitrogen and oxygen atoms in total. The molecule has 2 aromatic rings. The van der Waals surface area contributed by atoms with Gasteiger partial charge in [-0.15, -0.1) is 0 Å². The lowest BCUT2D eigenvalue weighted by molar-refractivity contribution is 0.245. The molecule has 0 N–H and O–H groups in total. The molecule has 1 saturated heterocycles. The number of likely N-dealkylation sites (tertiary alicyclic amines) is 1. The molecule has 3 heteroatoms. The van der Waals surface area contributed by atoms with Crippen molar-refractivity contribution in [3.63, 3.8) is 0 Å². The fourth-order valence-electron chi connectivity index (χ4n) is 4.73. The number of halogens is 1. The third-order valence-electron chi connectivity index (χ3n) is 6.03. The standard InChI is InChI=1S/C22H27FN2/c1-15-4-9-21-20(14-15)22(17-5-7-18(23)8-6-17)16(2)25(21)19-10-12-24(3)13-11-19/h4-9,14,16,19,22H,10-13H2,1-3H3/i23-1. The Bertz CT molecular complexity index is 747. The molecule has 0 saturated carbocycles. The molecule has 2 atom stereocenters. The van der Waals surface area contributed by atoms with Gasteiger partial charge in [-0.2, -0.15) is 0 Å². The molecule has 2 aliphatic rings. The Morgan fingerprint density at radius 3 is 2.36 bits per heavy atom. The summed E-state index contributed by atoms with van der Waals surface area (Å²) in [7, 11) is 2.21. The van der Waals surface area contributed by atoms with Crippen LogP contribution < -0.4 is 4.90 Å². The van der Waals surface area contributed by atoms with E-state index in [9.17, 15) is 4.39 Å². The average molecular weight is 337 g/mol. The Morgan fingerprint density at radius 2 is 1.68 bits per heavy atom. The van der Waals surface area contributed by atoms with E-state index in [-0.39, 0.29) is 5.82 Å². The van der Waals surface area contributed by atoms with Crippen LogP contribution in [0.1, 0.15) is 42.4 Å². The minimum atomic E-state index is -0.161. The molecule has 4 rings (SSSR count). The van der Waals surface area contributed by atoms with Crippen LogP contribution >= 0.6 is 0 Å². The third-order valence-corrected chi connectivity index (χ3v) is 6.03. The lowest BCUT2D eigenvalue weighted by Crippen LogP contribution is -2.46. The number of anilines is 1. The van der Waals surface area contributed by atoms with Crippen LogP contribution in [-0.4, -0.2) is 37.1 Å². The summed E-state index contributed by atoms with van der Waals surface area (Å²) >= 11 is 0. The maximum atomic E-state index is 13.4. The van der Waals surface area contributed by atoms with Gasteiger partial charge in [-0.05, 0) is 76.2 Å². The fourth-order valence-corrected chi connectivity index (χ4v) is 4.73. The van der Waals surface area contributed by atoms with Gasteiger partial charge in [-0.25, -0.2) is 4.39 Å². The number of fused-ring (bicyclic) bond motifs is 1. The minimum absolute atomic E-state index is 0.161. The van der Waals surface area contributed by atoms with Gasteiger partial charge < -0.3 is 9.80 Å². The van der Waals surface area contributed by atoms with Gasteiger partial charge in [0, 0.05) is 23.7 Å². The molecule has 0 radical (unpaired) electrons. The van der Waals surface area contributed by atoms with Gasteiger partial charge in [0.1, 0.15) is 5.82 Å². The molecule has 0 aromatic heterocycles. The van der Waals surface area contributed by atoms with Crippen molar-refractivity contribution in [1.29, 1.82) is 0 Å². The Labute approximate surface area is 150 Å². The Balaban J connectivity index is 1.74. The highest BCUT2D eigenvalue weighted by Crippen LogP contribution is 2.47. The predicted molar refractivity (Wildman–Crippen MR) is 102 cm³/mol. The van der Waals surface area contributed by atoms with Crippen molar-refractivity contribution in [1.82, 2.24) is 4.90 Å². The van der Waals surface area contributed by atoms with Crippen LogP contribution in [0.25, 0.3) is 0 Å². The van der Waals surface area contributed by atoms with Crippen LogP contribution in [0, 0.1) is 12.7 Å². The first kappa shape index (κ1) is 16.6. The Morgan fingerprint density at radius 1 is 1.00 bits per heavy atom. The summed E-state index contributed by atoms with van der Waals surface area (Å²) in [6.45, 7) is 6.82. The minimum Gasteiger partial charge on any atom is -0.365 e. The molecule has 0 bridgehead atoms. The van der Waals surface area contributed by atoms with Crippen LogP contribution in [0.4, 0.5) is 10.1 Å². The van der Waals surface area contributed by atoms with Crippen molar-refractivity contribution in [3.8, 4) is 0 Å². The molecular weight excluding hydrogens is 310 g/mol. The summed E-state index contributed by atoms with van der Waals surface area (Å²) in [6, 6.07) is 14.9. The molecule has 1 fully saturated rings. The molecule has 25 heavy (non-hydrogen) atoms. The monoisotopic (exact) mass is 337 g/mol. The molecule has 2 aromatic carbocycles. The van der Waals surface area contributed by atoms with Gasteiger partial charge >= 0.3 is 0 Å². The van der Waals surface area contributed by atoms with Crippen molar-refractivity contribution in [2.24, 2.45) is 0 Å². The summed E-state index contributed by atoms with van der Waals surface area (Å²) in [5.74, 6) is 0.154. The number of benzene rings is 2. The third kappa shape index (κ3) is 2.95. The second-order valence-corrected chi connectivity index (χ2v) is 7.77. The number of piperidine rings is 1. The van der Waals surface area contributed by atoms with Crippen LogP contribution in [0.3, 0.4) is 0 Å². The lowest BCUT2D eigenvalue weighted by atomic mass is 9.87. The fraction of sp³-hybridized carbons (Fsp3) is 0.455. The van der Waals surface area contributed by atoms with E-state index in [0.717, 1.165) is 13.1 Å². The molecule has 2 heterocycles. The first-order valence-electron chi connectivity index (χ1n) is 9.37. The highest BCUT2D eigenvalue weighted by Gasteiger charge is 2.40. The first-order chi connectivity index (χ1) is 12.0. The van der Waals surface area contributed by atoms with E-state index in [1.165, 1.54) is 35.2 Å². The molecule has 132 valence electrons. The van der Waals surface area contributed by atoms with E-state index >= 15 is 0 Å². The summed E-state index contributed by atoms with van der Waals surface area (Å²) in [5.41, 5.74) is 5.29. The van der Waals surface area contributed by atoms with Gasteiger partial charge in [0.25, 0.3) is 0 Å². The van der Waals surface area contributed by atoms with Gasteiger partial charge in [0.2, 0.25) is 0 Å². The molecule has 2 aliphatic heterocycles. The zero-order chi connectivity index (χ0) is 17.6. The number of aryl methyl sites for hydroxylation is 1. The molecule has 2 unspecified atom stereocenters. The number of hydrogen-bond donors (Lipinski definition) is 0. The zero-order valence-corrected chi connectivity index (χ0v) is 15.4. The van der Waals surface area contributed by atoms with Crippen molar-refractivity contribution < 1.29 is 4.39 Å². The maximum absolute atomic E-state index is 13.4. The first-order valence-corrected chi connectivity index (χ1v) is 9.37. The van der Waals surface area contributed by atoms with Gasteiger partial charge in [0.15, 0.2) is 0 Å². The van der Waals surface area contributed by atoms with Crippen molar-refractivity contribution in [2.75, 3.05) is 25.0 Å². The zero-order valence-electron chi connectivity index (χ0n) is 15.4. The summed E-state index contributed by atoms with van der Waals surface area (Å²) < 4.78 is 13.4. The number of hydrogen-bond acceptors (Lipinski definition) is 2. The van der Waals surface area contributed by atoms with Gasteiger partial charge in [-0.1, -0.05) is 29.8 Å². The predicted octanol–water partition coefficient (Wildman–Crippen LogP) is 4.57. The van der Waals surface area contributed by atoms with E-state index in [1.54, 1.807) is 12.1 Å². The van der Waals surface area contributed by atoms with E-state index < -0.39 is 0 Å². The Kier molecular flexibility index (Phi) is 4.28. The molecular formula is C22H27FN2. The number of rotatable bonds is 2. The molecule has 0 spiro atoms. The Hall–Kier alpha value is -1.87. The molecule has 0 aliphatic carbocycles. The largest absolute Gasteiger partial charge is 0.365 e.